The third kappa shape index (κ3) is 6.57. The molecule has 3 rings (SSSR count). The number of nitro groups is 1. The van der Waals surface area contributed by atoms with Crippen molar-refractivity contribution in [3.05, 3.63) is 64.2 Å². The number of carbonyl (C=O) groups is 1. The van der Waals surface area contributed by atoms with Gasteiger partial charge in [0.25, 0.3) is 5.69 Å². The van der Waals surface area contributed by atoms with Crippen LogP contribution < -0.4 is 16.8 Å². The quantitative estimate of drug-likeness (QED) is 0.125. The van der Waals surface area contributed by atoms with Crippen LogP contribution in [0.1, 0.15) is 24.8 Å². The predicted octanol–water partition coefficient (Wildman–Crippen LogP) is 3.36. The second kappa shape index (κ2) is 12.5. The highest BCUT2D eigenvalue weighted by atomic mass is 32.2. The van der Waals surface area contributed by atoms with Crippen molar-refractivity contribution in [1.29, 1.82) is 0 Å². The number of rotatable bonds is 13. The molecule has 182 valence electrons. The Morgan fingerprint density at radius 3 is 2.68 bits per heavy atom. The van der Waals surface area contributed by atoms with Crippen LogP contribution in [0.5, 0.6) is 0 Å². The Bertz CT molecular complexity index is 1120. The number of esters is 1. The standard InChI is InChI=1S/C24H31N5O4S/c1-33-24(30)20(27-15-16(26)8-6-7-13-25)14-18-17-9-2-3-10-19(17)28-23(18)34-22-12-5-4-11-21(22)29(31)32/h2-5,9-12,16,20,27-28H,6-8,13-15,25-26H2,1H3/t16-,20-/m0/s1. The van der Waals surface area contributed by atoms with Gasteiger partial charge < -0.3 is 26.5 Å². The van der Waals surface area contributed by atoms with Gasteiger partial charge in [0.05, 0.1) is 22.0 Å². The lowest BCUT2D eigenvalue weighted by Crippen LogP contribution is -2.45. The molecule has 0 aliphatic heterocycles. The van der Waals surface area contributed by atoms with E-state index in [9.17, 15) is 14.9 Å². The van der Waals surface area contributed by atoms with Gasteiger partial charge in [-0.15, -0.1) is 0 Å². The average Bonchev–Trinajstić information content (AvgIpc) is 3.18. The number of benzene rings is 2. The van der Waals surface area contributed by atoms with E-state index >= 15 is 0 Å². The Morgan fingerprint density at radius 1 is 1.21 bits per heavy atom. The number of methoxy groups -OCH3 is 1. The number of para-hydroxylation sites is 2. The summed E-state index contributed by atoms with van der Waals surface area (Å²) in [5, 5.41) is 16.5. The van der Waals surface area contributed by atoms with E-state index in [2.05, 4.69) is 10.3 Å². The molecule has 2 atom stereocenters. The van der Waals surface area contributed by atoms with E-state index in [1.807, 2.05) is 24.3 Å². The molecular weight excluding hydrogens is 454 g/mol. The van der Waals surface area contributed by atoms with E-state index in [0.29, 0.717) is 24.4 Å². The first-order valence-electron chi connectivity index (χ1n) is 11.2. The van der Waals surface area contributed by atoms with E-state index in [1.165, 1.54) is 24.9 Å². The van der Waals surface area contributed by atoms with Gasteiger partial charge >= 0.3 is 5.97 Å². The highest BCUT2D eigenvalue weighted by Crippen LogP contribution is 2.39. The molecule has 0 spiro atoms. The number of hydrogen-bond donors (Lipinski definition) is 4. The first-order valence-corrected chi connectivity index (χ1v) is 12.0. The Balaban J connectivity index is 1.88. The minimum absolute atomic E-state index is 0.0307. The van der Waals surface area contributed by atoms with Gasteiger partial charge in [-0.05, 0) is 37.1 Å². The van der Waals surface area contributed by atoms with Crippen molar-refractivity contribution in [2.24, 2.45) is 11.5 Å². The molecule has 0 bridgehead atoms. The third-order valence-electron chi connectivity index (χ3n) is 5.60. The molecule has 1 aromatic heterocycles. The molecule has 0 unspecified atom stereocenters. The third-order valence-corrected chi connectivity index (χ3v) is 6.72. The van der Waals surface area contributed by atoms with Gasteiger partial charge in [-0.3, -0.25) is 14.9 Å². The van der Waals surface area contributed by atoms with E-state index in [4.69, 9.17) is 16.2 Å². The van der Waals surface area contributed by atoms with Crippen LogP contribution in [0.15, 0.2) is 58.5 Å². The van der Waals surface area contributed by atoms with E-state index < -0.39 is 11.0 Å². The minimum atomic E-state index is -0.616. The van der Waals surface area contributed by atoms with Crippen molar-refractivity contribution >= 4 is 34.3 Å². The van der Waals surface area contributed by atoms with Gasteiger partial charge in [0.15, 0.2) is 0 Å². The number of nitrogens with two attached hydrogens (primary N) is 2. The van der Waals surface area contributed by atoms with Crippen molar-refractivity contribution in [3.8, 4) is 0 Å². The monoisotopic (exact) mass is 485 g/mol. The number of nitrogens with zero attached hydrogens (tertiary/aromatic N) is 1. The maximum absolute atomic E-state index is 12.6. The van der Waals surface area contributed by atoms with Crippen LogP contribution in [-0.4, -0.2) is 48.2 Å². The van der Waals surface area contributed by atoms with Crippen LogP contribution in [0.25, 0.3) is 10.9 Å². The highest BCUT2D eigenvalue weighted by molar-refractivity contribution is 7.99. The second-order valence-electron chi connectivity index (χ2n) is 8.04. The molecule has 34 heavy (non-hydrogen) atoms. The zero-order valence-corrected chi connectivity index (χ0v) is 20.0. The molecule has 10 heteroatoms. The largest absolute Gasteiger partial charge is 0.468 e. The number of hydrogen-bond acceptors (Lipinski definition) is 8. The zero-order chi connectivity index (χ0) is 24.5. The summed E-state index contributed by atoms with van der Waals surface area (Å²) in [5.74, 6) is -0.388. The van der Waals surface area contributed by atoms with Gasteiger partial charge in [-0.1, -0.05) is 48.5 Å². The first kappa shape index (κ1) is 25.7. The molecule has 3 aromatic rings. The van der Waals surface area contributed by atoms with Crippen molar-refractivity contribution in [1.82, 2.24) is 10.3 Å². The molecule has 0 radical (unpaired) electrons. The number of aromatic nitrogens is 1. The number of aromatic amines is 1. The number of nitrogens with one attached hydrogen (secondary N) is 2. The normalized spacial score (nSPS) is 13.0. The Morgan fingerprint density at radius 2 is 1.94 bits per heavy atom. The lowest BCUT2D eigenvalue weighted by molar-refractivity contribution is -0.387. The molecule has 0 saturated carbocycles. The van der Waals surface area contributed by atoms with E-state index in [1.54, 1.807) is 18.2 Å². The van der Waals surface area contributed by atoms with Gasteiger partial charge in [0, 0.05) is 36.0 Å². The topological polar surface area (TPSA) is 149 Å². The second-order valence-corrected chi connectivity index (χ2v) is 9.09. The molecule has 0 aliphatic carbocycles. The first-order chi connectivity index (χ1) is 16.4. The van der Waals surface area contributed by atoms with Gasteiger partial charge in [-0.25, -0.2) is 0 Å². The van der Waals surface area contributed by atoms with Crippen molar-refractivity contribution in [3.63, 3.8) is 0 Å². The molecule has 0 fully saturated rings. The van der Waals surface area contributed by atoms with Crippen molar-refractivity contribution < 1.29 is 14.5 Å². The molecule has 2 aromatic carbocycles. The van der Waals surface area contributed by atoms with E-state index in [0.717, 1.165) is 40.8 Å². The summed E-state index contributed by atoms with van der Waals surface area (Å²) in [6.45, 7) is 1.09. The SMILES string of the molecule is COC(=O)[C@H](Cc1c(Sc2ccccc2[N+](=O)[O-])[nH]c2ccccc12)NC[C@@H](N)CCCCN. The molecule has 6 N–H and O–H groups in total. The summed E-state index contributed by atoms with van der Waals surface area (Å²) in [5.41, 5.74) is 13.6. The summed E-state index contributed by atoms with van der Waals surface area (Å²) in [4.78, 5) is 27.6. The van der Waals surface area contributed by atoms with Crippen LogP contribution in [0.2, 0.25) is 0 Å². The predicted molar refractivity (Wildman–Crippen MR) is 134 cm³/mol. The maximum atomic E-state index is 12.6. The van der Waals surface area contributed by atoms with Crippen LogP contribution in [0, 0.1) is 10.1 Å². The molecular formula is C24H31N5O4S. The molecule has 9 nitrogen and oxygen atoms in total. The maximum Gasteiger partial charge on any atom is 0.323 e. The number of unbranched alkanes of at least 4 members (excludes halogenated alkanes) is 1. The average molecular weight is 486 g/mol. The van der Waals surface area contributed by atoms with Crippen LogP contribution >= 0.6 is 11.8 Å². The Hall–Kier alpha value is -2.92. The lowest BCUT2D eigenvalue weighted by Gasteiger charge is -2.20. The van der Waals surface area contributed by atoms with Gasteiger partial charge in [0.1, 0.15) is 6.04 Å². The molecule has 1 heterocycles. The summed E-state index contributed by atoms with van der Waals surface area (Å²) in [6.07, 6.45) is 3.00. The number of carbonyl (C=O) groups excluding carboxylic acids is 1. The molecule has 0 saturated heterocycles. The number of nitro benzene ring substituents is 1. The summed E-state index contributed by atoms with van der Waals surface area (Å²) < 4.78 is 5.05. The van der Waals surface area contributed by atoms with Crippen LogP contribution in [0.4, 0.5) is 5.69 Å². The van der Waals surface area contributed by atoms with Crippen LogP contribution in [-0.2, 0) is 16.0 Å². The fraction of sp³-hybridized carbons (Fsp3) is 0.375. The zero-order valence-electron chi connectivity index (χ0n) is 19.2. The summed E-state index contributed by atoms with van der Waals surface area (Å²) in [6, 6.07) is 13.6. The molecule has 0 aliphatic rings. The van der Waals surface area contributed by atoms with Gasteiger partial charge in [-0.2, -0.15) is 0 Å². The fourth-order valence-electron chi connectivity index (χ4n) is 3.80. The fourth-order valence-corrected chi connectivity index (χ4v) is 4.89. The Labute approximate surface area is 202 Å². The minimum Gasteiger partial charge on any atom is -0.468 e. The number of fused-ring (bicyclic) bond motifs is 1. The number of H-pyrrole nitrogens is 1. The van der Waals surface area contributed by atoms with E-state index in [-0.39, 0.29) is 17.7 Å². The smallest absolute Gasteiger partial charge is 0.323 e. The summed E-state index contributed by atoms with van der Waals surface area (Å²) in [7, 11) is 1.36. The molecule has 0 amide bonds. The van der Waals surface area contributed by atoms with Gasteiger partial charge in [0.2, 0.25) is 0 Å². The van der Waals surface area contributed by atoms with Crippen molar-refractivity contribution in [2.75, 3.05) is 20.2 Å². The summed E-state index contributed by atoms with van der Waals surface area (Å²) >= 11 is 1.28. The highest BCUT2D eigenvalue weighted by Gasteiger charge is 2.25. The Kier molecular flexibility index (Phi) is 9.46. The van der Waals surface area contributed by atoms with Crippen LogP contribution in [0.3, 0.4) is 0 Å². The van der Waals surface area contributed by atoms with Crippen molar-refractivity contribution in [2.45, 2.75) is 47.7 Å². The number of ether oxygens (including phenoxy) is 1. The lowest BCUT2D eigenvalue weighted by atomic mass is 10.0.